The van der Waals surface area contributed by atoms with Gasteiger partial charge in [0, 0.05) is 12.8 Å². The zero-order valence-corrected chi connectivity index (χ0v) is 25.4. The molecule has 2 aromatic carbocycles. The highest BCUT2D eigenvalue weighted by Gasteiger charge is 2.52. The molecule has 0 aliphatic carbocycles. The summed E-state index contributed by atoms with van der Waals surface area (Å²) in [5.74, 6) is -2.31. The van der Waals surface area contributed by atoms with E-state index in [1.54, 1.807) is 58.9 Å². The lowest BCUT2D eigenvalue weighted by Crippen LogP contribution is -2.60. The lowest BCUT2D eigenvalue weighted by atomic mass is 9.89. The van der Waals surface area contributed by atoms with Crippen molar-refractivity contribution < 1.29 is 38.2 Å². The summed E-state index contributed by atoms with van der Waals surface area (Å²) in [4.78, 5) is 65.6. The summed E-state index contributed by atoms with van der Waals surface area (Å²) in [5.41, 5.74) is 0.619. The van der Waals surface area contributed by atoms with Crippen molar-refractivity contribution in [2.24, 2.45) is 11.3 Å². The second kappa shape index (κ2) is 14.8. The zero-order chi connectivity index (χ0) is 30.9. The number of nitrogens with zero attached hydrogens (tertiary/aromatic N) is 1. The fraction of sp³-hybridized carbons (Fsp3) is 0.406. The number of likely N-dealkylation sites (tertiary alicyclic amines) is 1. The molecule has 9 nitrogen and oxygen atoms in total. The molecule has 0 radical (unpaired) electrons. The van der Waals surface area contributed by atoms with Gasteiger partial charge in [0.25, 0.3) is 0 Å². The summed E-state index contributed by atoms with van der Waals surface area (Å²) in [6.45, 7) is 7.37. The minimum atomic E-state index is -0.877. The van der Waals surface area contributed by atoms with Gasteiger partial charge in [-0.3, -0.25) is 24.1 Å². The molecule has 1 saturated heterocycles. The van der Waals surface area contributed by atoms with Crippen LogP contribution >= 0.6 is 11.8 Å². The molecular formula is C32H37NO8S. The van der Waals surface area contributed by atoms with Crippen molar-refractivity contribution in [1.29, 1.82) is 0 Å². The molecule has 42 heavy (non-hydrogen) atoms. The van der Waals surface area contributed by atoms with E-state index < -0.39 is 41.3 Å². The van der Waals surface area contributed by atoms with Gasteiger partial charge in [0.05, 0.1) is 11.3 Å². The van der Waals surface area contributed by atoms with Crippen molar-refractivity contribution >= 4 is 40.5 Å². The number of esters is 2. The van der Waals surface area contributed by atoms with Crippen molar-refractivity contribution in [1.82, 2.24) is 4.90 Å². The first-order chi connectivity index (χ1) is 19.9. The maximum Gasteiger partial charge on any atom is 0.357 e. The molecule has 0 unspecified atom stereocenters. The van der Waals surface area contributed by atoms with E-state index in [9.17, 15) is 24.0 Å². The molecule has 0 N–H and O–H groups in total. The average molecular weight is 596 g/mol. The van der Waals surface area contributed by atoms with Crippen LogP contribution in [0, 0.1) is 11.3 Å². The van der Waals surface area contributed by atoms with E-state index >= 15 is 0 Å². The van der Waals surface area contributed by atoms with E-state index in [0.717, 1.165) is 17.3 Å². The quantitative estimate of drug-likeness (QED) is 0.135. The maximum absolute atomic E-state index is 13.4. The van der Waals surface area contributed by atoms with E-state index in [4.69, 9.17) is 14.2 Å². The van der Waals surface area contributed by atoms with Gasteiger partial charge in [-0.15, -0.1) is 0 Å². The number of aryl methyl sites for hydroxylation is 1. The molecule has 1 heterocycles. The van der Waals surface area contributed by atoms with Crippen LogP contribution in [0.4, 0.5) is 0 Å². The lowest BCUT2D eigenvalue weighted by molar-refractivity contribution is -0.173. The van der Waals surface area contributed by atoms with Crippen LogP contribution in [0.5, 0.6) is 5.75 Å². The normalized spacial score (nSPS) is 16.2. The molecule has 0 spiro atoms. The largest absolute Gasteiger partial charge is 0.485 e. The number of thioether (sulfide) groups is 1. The van der Waals surface area contributed by atoms with Crippen molar-refractivity contribution in [3.8, 4) is 5.75 Å². The van der Waals surface area contributed by atoms with Crippen LogP contribution in [-0.2, 0) is 39.9 Å². The molecule has 2 aromatic rings. The smallest absolute Gasteiger partial charge is 0.357 e. The summed E-state index contributed by atoms with van der Waals surface area (Å²) in [6, 6.07) is 18.4. The van der Waals surface area contributed by atoms with E-state index in [-0.39, 0.29) is 36.0 Å². The second-order valence-corrected chi connectivity index (χ2v) is 12.3. The van der Waals surface area contributed by atoms with E-state index in [0.29, 0.717) is 17.7 Å². The number of allylic oxidation sites excluding steroid dienone is 1. The van der Waals surface area contributed by atoms with Gasteiger partial charge in [0.1, 0.15) is 22.6 Å². The number of β-lactam (4-membered cyclic amide) rings is 1. The van der Waals surface area contributed by atoms with Crippen LogP contribution in [0.1, 0.15) is 53.0 Å². The maximum atomic E-state index is 13.4. The van der Waals surface area contributed by atoms with Gasteiger partial charge in [0.2, 0.25) is 17.8 Å². The van der Waals surface area contributed by atoms with Crippen LogP contribution in [0.15, 0.2) is 71.9 Å². The van der Waals surface area contributed by atoms with Gasteiger partial charge in [-0.1, -0.05) is 60.3 Å². The van der Waals surface area contributed by atoms with E-state index in [1.165, 1.54) is 4.90 Å². The van der Waals surface area contributed by atoms with E-state index in [1.807, 2.05) is 36.4 Å². The van der Waals surface area contributed by atoms with Crippen molar-refractivity contribution in [2.45, 2.75) is 59.3 Å². The van der Waals surface area contributed by atoms with Gasteiger partial charge >= 0.3 is 11.9 Å². The Kier molecular flexibility index (Phi) is 11.5. The Hall–Kier alpha value is -3.92. The third kappa shape index (κ3) is 9.04. The minimum absolute atomic E-state index is 0.0610. The fourth-order valence-electron chi connectivity index (χ4n) is 4.15. The van der Waals surface area contributed by atoms with Crippen LogP contribution in [-0.4, -0.2) is 52.4 Å². The highest BCUT2D eigenvalue weighted by atomic mass is 32.2. The fourth-order valence-corrected chi connectivity index (χ4v) is 5.24. The second-order valence-electron chi connectivity index (χ2n) is 11.1. The standard InChI is InChI=1S/C32H37NO8S/c1-21(2)27(30(37)40-20-41-31(38)32(3,4)5)33-28(36)25(18-23(34)17-16-22-12-8-6-9-13-22)29(33)42-26(35)19-39-24-14-10-7-11-15-24/h6-15,25,29H,16-20H2,1-5H3/t25-,29-/m1/s1. The molecule has 1 fully saturated rings. The predicted molar refractivity (Wildman–Crippen MR) is 158 cm³/mol. The first kappa shape index (κ1) is 32.6. The molecule has 2 atom stereocenters. The van der Waals surface area contributed by atoms with Crippen LogP contribution in [0.25, 0.3) is 0 Å². The number of carbonyl (C=O) groups excluding carboxylic acids is 5. The minimum Gasteiger partial charge on any atom is -0.485 e. The monoisotopic (exact) mass is 595 g/mol. The van der Waals surface area contributed by atoms with Crippen molar-refractivity contribution in [3.63, 3.8) is 0 Å². The summed E-state index contributed by atoms with van der Waals surface area (Å²) in [6.07, 6.45) is 0.707. The van der Waals surface area contributed by atoms with Crippen LogP contribution in [0.3, 0.4) is 0 Å². The summed E-state index contributed by atoms with van der Waals surface area (Å²) >= 11 is 0.839. The summed E-state index contributed by atoms with van der Waals surface area (Å²) < 4.78 is 15.8. The number of Topliss-reactive ketones (excluding diaryl/α,β-unsaturated/α-hetero) is 1. The predicted octanol–water partition coefficient (Wildman–Crippen LogP) is 5.09. The van der Waals surface area contributed by atoms with Gasteiger partial charge in [-0.2, -0.15) is 0 Å². The zero-order valence-electron chi connectivity index (χ0n) is 24.6. The number of hydrogen-bond donors (Lipinski definition) is 0. The molecule has 224 valence electrons. The molecule has 0 bridgehead atoms. The third-order valence-electron chi connectivity index (χ3n) is 6.39. The highest BCUT2D eigenvalue weighted by molar-refractivity contribution is 8.14. The Labute approximate surface area is 250 Å². The molecule has 1 amide bonds. The van der Waals surface area contributed by atoms with Crippen LogP contribution < -0.4 is 4.74 Å². The topological polar surface area (TPSA) is 116 Å². The lowest BCUT2D eigenvalue weighted by Gasteiger charge is -2.46. The number of carbonyl (C=O) groups is 5. The number of amides is 1. The summed E-state index contributed by atoms with van der Waals surface area (Å²) in [5, 5.41) is -1.19. The Bertz CT molecular complexity index is 1310. The average Bonchev–Trinajstić information content (AvgIpc) is 2.96. The number of para-hydroxylation sites is 1. The first-order valence-corrected chi connectivity index (χ1v) is 14.5. The number of ether oxygens (including phenoxy) is 3. The molecule has 10 heteroatoms. The van der Waals surface area contributed by atoms with Crippen molar-refractivity contribution in [2.75, 3.05) is 13.4 Å². The molecule has 1 aliphatic heterocycles. The number of rotatable bonds is 13. The highest BCUT2D eigenvalue weighted by Crippen LogP contribution is 2.42. The number of hydrogen-bond acceptors (Lipinski definition) is 9. The molecule has 0 aromatic heterocycles. The first-order valence-electron chi connectivity index (χ1n) is 13.7. The molecule has 1 aliphatic rings. The van der Waals surface area contributed by atoms with Gasteiger partial charge < -0.3 is 14.2 Å². The number of ketones is 1. The van der Waals surface area contributed by atoms with Gasteiger partial charge in [-0.05, 0) is 64.3 Å². The van der Waals surface area contributed by atoms with Crippen LogP contribution in [0.2, 0.25) is 0 Å². The third-order valence-corrected chi connectivity index (χ3v) is 7.55. The number of benzene rings is 2. The Morgan fingerprint density at radius 2 is 1.52 bits per heavy atom. The van der Waals surface area contributed by atoms with Crippen molar-refractivity contribution in [3.05, 3.63) is 77.5 Å². The van der Waals surface area contributed by atoms with Gasteiger partial charge in [-0.25, -0.2) is 4.79 Å². The molecule has 3 rings (SSSR count). The molecular weight excluding hydrogens is 558 g/mol. The molecule has 0 saturated carbocycles. The van der Waals surface area contributed by atoms with E-state index in [2.05, 4.69) is 0 Å². The summed E-state index contributed by atoms with van der Waals surface area (Å²) in [7, 11) is 0. The Balaban J connectivity index is 1.72. The Morgan fingerprint density at radius 1 is 0.905 bits per heavy atom. The van der Waals surface area contributed by atoms with Gasteiger partial charge in [0.15, 0.2) is 6.61 Å². The Morgan fingerprint density at radius 3 is 2.12 bits per heavy atom. The SMILES string of the molecule is CC(C)=C(C(=O)OCOC(=O)C(C)(C)C)N1C(=O)[C@@H](CC(=O)CCc2ccccc2)[C@H]1SC(=O)COc1ccccc1.